The highest BCUT2D eigenvalue weighted by molar-refractivity contribution is 7.16. The summed E-state index contributed by atoms with van der Waals surface area (Å²) in [6, 6.07) is 1.72. The normalized spacial score (nSPS) is 18.0. The van der Waals surface area contributed by atoms with E-state index in [1.165, 1.54) is 0 Å². The van der Waals surface area contributed by atoms with E-state index in [9.17, 15) is 9.59 Å². The van der Waals surface area contributed by atoms with E-state index in [0.717, 1.165) is 42.5 Å². The second-order valence-electron chi connectivity index (χ2n) is 10.1. The van der Waals surface area contributed by atoms with Gasteiger partial charge in [0.25, 0.3) is 5.91 Å². The number of ether oxygens (including phenoxy) is 1. The lowest BCUT2D eigenvalue weighted by molar-refractivity contribution is -0.110. The van der Waals surface area contributed by atoms with Gasteiger partial charge in [0.2, 0.25) is 6.41 Å². The molecule has 1 aliphatic carbocycles. The molecular formula is C24H31N7O3S. The average Bonchev–Trinajstić information content (AvgIpc) is 3.27. The van der Waals surface area contributed by atoms with Crippen molar-refractivity contribution in [1.29, 1.82) is 0 Å². The third-order valence-corrected chi connectivity index (χ3v) is 7.88. The van der Waals surface area contributed by atoms with Gasteiger partial charge in [0.15, 0.2) is 5.82 Å². The summed E-state index contributed by atoms with van der Waals surface area (Å²) in [5.74, 6) is 1.33. The molecule has 35 heavy (non-hydrogen) atoms. The predicted octanol–water partition coefficient (Wildman–Crippen LogP) is 2.82. The summed E-state index contributed by atoms with van der Waals surface area (Å²) in [4.78, 5) is 36.8. The Balaban J connectivity index is 1.41. The van der Waals surface area contributed by atoms with E-state index in [2.05, 4.69) is 20.7 Å². The number of likely N-dealkylation sites (tertiary alicyclic amines) is 1. The molecule has 1 saturated heterocycles. The largest absolute Gasteiger partial charge is 0.382 e. The van der Waals surface area contributed by atoms with Gasteiger partial charge in [-0.15, -0.1) is 11.3 Å². The van der Waals surface area contributed by atoms with Crippen molar-refractivity contribution in [2.24, 2.45) is 5.92 Å². The van der Waals surface area contributed by atoms with E-state index in [1.807, 2.05) is 30.3 Å². The summed E-state index contributed by atoms with van der Waals surface area (Å²) < 4.78 is 7.13. The zero-order chi connectivity index (χ0) is 24.6. The molecule has 2 aliphatic rings. The molecule has 2 N–H and O–H groups in total. The number of carbonyl (C=O) groups excluding carboxylic acids is 2. The van der Waals surface area contributed by atoms with Gasteiger partial charge in [-0.05, 0) is 45.4 Å². The van der Waals surface area contributed by atoms with E-state index in [1.54, 1.807) is 35.2 Å². The zero-order valence-electron chi connectivity index (χ0n) is 20.3. The molecule has 186 valence electrons. The van der Waals surface area contributed by atoms with Crippen LogP contribution in [0.3, 0.4) is 0 Å². The maximum atomic E-state index is 13.6. The van der Waals surface area contributed by atoms with Gasteiger partial charge in [0.05, 0.1) is 23.9 Å². The fourth-order valence-electron chi connectivity index (χ4n) is 5.09. The number of thiazole rings is 1. The smallest absolute Gasteiger partial charge is 0.272 e. The highest BCUT2D eigenvalue weighted by Gasteiger charge is 2.49. The fourth-order valence-corrected chi connectivity index (χ4v) is 5.88. The minimum absolute atomic E-state index is 0.0580. The Labute approximate surface area is 208 Å². The van der Waals surface area contributed by atoms with E-state index >= 15 is 0 Å². The summed E-state index contributed by atoms with van der Waals surface area (Å²) in [5, 5.41) is 12.8. The van der Waals surface area contributed by atoms with Gasteiger partial charge in [-0.2, -0.15) is 5.10 Å². The third kappa shape index (κ3) is 4.74. The number of piperidine rings is 1. The van der Waals surface area contributed by atoms with Crippen molar-refractivity contribution in [2.45, 2.75) is 50.6 Å². The van der Waals surface area contributed by atoms with Gasteiger partial charge in [-0.25, -0.2) is 14.5 Å². The number of nitrogens with one attached hydrogen (secondary N) is 2. The number of amides is 2. The number of anilines is 1. The molecule has 0 bridgehead atoms. The highest BCUT2D eigenvalue weighted by Crippen LogP contribution is 2.46. The Morgan fingerprint density at radius 2 is 2.09 bits per heavy atom. The number of carbonyl (C=O) groups is 2. The molecule has 3 aromatic rings. The zero-order valence-corrected chi connectivity index (χ0v) is 21.1. The number of rotatable bonds is 9. The first kappa shape index (κ1) is 23.7. The van der Waals surface area contributed by atoms with Gasteiger partial charge in [-0.3, -0.25) is 9.59 Å². The second-order valence-corrected chi connectivity index (χ2v) is 11.0. The quantitative estimate of drug-likeness (QED) is 0.437. The molecule has 4 heterocycles. The van der Waals surface area contributed by atoms with Crippen molar-refractivity contribution in [3.05, 3.63) is 29.5 Å². The van der Waals surface area contributed by atoms with Gasteiger partial charge in [0, 0.05) is 43.4 Å². The van der Waals surface area contributed by atoms with Crippen LogP contribution in [0.5, 0.6) is 0 Å². The van der Waals surface area contributed by atoms with Crippen LogP contribution in [0.2, 0.25) is 0 Å². The van der Waals surface area contributed by atoms with Gasteiger partial charge >= 0.3 is 0 Å². The Morgan fingerprint density at radius 3 is 2.77 bits per heavy atom. The Bertz CT molecular complexity index is 1220. The van der Waals surface area contributed by atoms with Crippen LogP contribution >= 0.6 is 11.3 Å². The first-order valence-corrected chi connectivity index (χ1v) is 12.8. The standard InChI is InChI=1S/C24H31N7O3S/c1-23(2,14-34-3)29-19-12-18(27-20(28-19)17-13-26-31-10-11-35-22(17)31)21(33)30-8-4-16(5-9-30)24(6-7-24)25-15-32/h10-13,15-16H,4-9,14H2,1-3H3,(H,25,32)(H,27,28,29). The molecule has 10 nitrogen and oxygen atoms in total. The molecule has 3 aromatic heterocycles. The molecule has 0 radical (unpaired) electrons. The number of hydrogen-bond acceptors (Lipinski definition) is 8. The lowest BCUT2D eigenvalue weighted by atomic mass is 9.87. The summed E-state index contributed by atoms with van der Waals surface area (Å²) in [7, 11) is 1.66. The molecule has 0 atom stereocenters. The summed E-state index contributed by atoms with van der Waals surface area (Å²) in [6.07, 6.45) is 8.22. The molecule has 2 fully saturated rings. The number of methoxy groups -OCH3 is 1. The number of fused-ring (bicyclic) bond motifs is 1. The maximum absolute atomic E-state index is 13.6. The average molecular weight is 498 g/mol. The van der Waals surface area contributed by atoms with E-state index in [0.29, 0.717) is 43.0 Å². The van der Waals surface area contributed by atoms with Crippen molar-refractivity contribution in [2.75, 3.05) is 32.1 Å². The second kappa shape index (κ2) is 9.19. The van der Waals surface area contributed by atoms with Gasteiger partial charge in [-0.1, -0.05) is 0 Å². The van der Waals surface area contributed by atoms with Crippen LogP contribution in [0, 0.1) is 5.92 Å². The highest BCUT2D eigenvalue weighted by atomic mass is 32.1. The SMILES string of the molecule is COCC(C)(C)Nc1cc(C(=O)N2CCC(C3(NC=O)CC3)CC2)nc(-c2cnn3ccsc23)n1. The molecular weight excluding hydrogens is 466 g/mol. The van der Waals surface area contributed by atoms with Crippen LogP contribution < -0.4 is 10.6 Å². The van der Waals surface area contributed by atoms with Gasteiger partial charge in [0.1, 0.15) is 16.3 Å². The minimum Gasteiger partial charge on any atom is -0.382 e. The van der Waals surface area contributed by atoms with Crippen LogP contribution in [0.25, 0.3) is 16.2 Å². The lowest BCUT2D eigenvalue weighted by Gasteiger charge is -2.36. The van der Waals surface area contributed by atoms with Crippen LogP contribution in [-0.4, -0.2) is 74.7 Å². The van der Waals surface area contributed by atoms with Crippen molar-refractivity contribution in [1.82, 2.24) is 29.8 Å². The van der Waals surface area contributed by atoms with Gasteiger partial charge < -0.3 is 20.3 Å². The molecule has 11 heteroatoms. The Morgan fingerprint density at radius 1 is 1.31 bits per heavy atom. The molecule has 0 aromatic carbocycles. The monoisotopic (exact) mass is 497 g/mol. The molecule has 0 unspecified atom stereocenters. The van der Waals surface area contributed by atoms with E-state index in [4.69, 9.17) is 9.72 Å². The molecule has 1 saturated carbocycles. The third-order valence-electron chi connectivity index (χ3n) is 6.99. The summed E-state index contributed by atoms with van der Waals surface area (Å²) >= 11 is 1.55. The van der Waals surface area contributed by atoms with Crippen molar-refractivity contribution < 1.29 is 14.3 Å². The Hall–Kier alpha value is -3.05. The summed E-state index contributed by atoms with van der Waals surface area (Å²) in [5.41, 5.74) is 0.696. The number of aromatic nitrogens is 4. The predicted molar refractivity (Wildman–Crippen MR) is 133 cm³/mol. The minimum atomic E-state index is -0.388. The fraction of sp³-hybridized carbons (Fsp3) is 0.542. The number of nitrogens with zero attached hydrogens (tertiary/aromatic N) is 5. The molecule has 5 rings (SSSR count). The van der Waals surface area contributed by atoms with Crippen LogP contribution in [0.1, 0.15) is 50.0 Å². The molecule has 0 spiro atoms. The first-order valence-electron chi connectivity index (χ1n) is 11.9. The first-order chi connectivity index (χ1) is 16.8. The van der Waals surface area contributed by atoms with E-state index in [-0.39, 0.29) is 17.0 Å². The molecule has 2 amide bonds. The maximum Gasteiger partial charge on any atom is 0.272 e. The summed E-state index contributed by atoms with van der Waals surface area (Å²) in [6.45, 7) is 5.80. The lowest BCUT2D eigenvalue weighted by Crippen LogP contribution is -2.46. The Kier molecular flexibility index (Phi) is 6.22. The van der Waals surface area contributed by atoms with Crippen LogP contribution in [0.4, 0.5) is 5.82 Å². The molecule has 1 aliphatic heterocycles. The van der Waals surface area contributed by atoms with Crippen molar-refractivity contribution in [3.8, 4) is 11.4 Å². The van der Waals surface area contributed by atoms with Crippen molar-refractivity contribution >= 4 is 34.3 Å². The van der Waals surface area contributed by atoms with E-state index < -0.39 is 0 Å². The number of hydrogen-bond donors (Lipinski definition) is 2. The van der Waals surface area contributed by atoms with Crippen molar-refractivity contribution in [3.63, 3.8) is 0 Å². The van der Waals surface area contributed by atoms with Crippen LogP contribution in [-0.2, 0) is 9.53 Å². The van der Waals surface area contributed by atoms with Crippen LogP contribution in [0.15, 0.2) is 23.8 Å². The topological polar surface area (TPSA) is 114 Å².